The highest BCUT2D eigenvalue weighted by Gasteiger charge is 2.23. The third-order valence-corrected chi connectivity index (χ3v) is 3.57. The van der Waals surface area contributed by atoms with Gasteiger partial charge in [-0.2, -0.15) is 0 Å². The fourth-order valence-corrected chi connectivity index (χ4v) is 2.71. The van der Waals surface area contributed by atoms with Crippen LogP contribution in [-0.4, -0.2) is 34.3 Å². The molecule has 0 aliphatic heterocycles. The van der Waals surface area contributed by atoms with Crippen LogP contribution >= 0.6 is 0 Å². The maximum atomic E-state index is 9.27. The van der Waals surface area contributed by atoms with Gasteiger partial charge in [0.25, 0.3) is 0 Å². The van der Waals surface area contributed by atoms with E-state index in [0.29, 0.717) is 19.1 Å². The first-order valence-electron chi connectivity index (χ1n) is 6.74. The van der Waals surface area contributed by atoms with Gasteiger partial charge in [0.05, 0.1) is 12.3 Å². The standard InChI is InChI=1S/C13H22N4O/c14-10-12-13(16-7-6-15-12)17(8-9-18)11-4-2-1-3-5-11/h6-7,11,18H,1-5,8-10,14H2. The molecule has 100 valence electrons. The van der Waals surface area contributed by atoms with Crippen LogP contribution in [0.5, 0.6) is 0 Å². The van der Waals surface area contributed by atoms with Crippen LogP contribution in [0.1, 0.15) is 37.8 Å². The van der Waals surface area contributed by atoms with Crippen LogP contribution in [0.4, 0.5) is 5.82 Å². The van der Waals surface area contributed by atoms with E-state index >= 15 is 0 Å². The molecule has 0 saturated heterocycles. The minimum atomic E-state index is 0.136. The van der Waals surface area contributed by atoms with Crippen LogP contribution in [0.3, 0.4) is 0 Å². The Kier molecular flexibility index (Phi) is 4.90. The minimum absolute atomic E-state index is 0.136. The summed E-state index contributed by atoms with van der Waals surface area (Å²) >= 11 is 0. The van der Waals surface area contributed by atoms with Crippen molar-refractivity contribution >= 4 is 5.82 Å². The maximum absolute atomic E-state index is 9.27. The first-order valence-corrected chi connectivity index (χ1v) is 6.74. The van der Waals surface area contributed by atoms with Gasteiger partial charge in [0, 0.05) is 31.5 Å². The molecule has 5 heteroatoms. The van der Waals surface area contributed by atoms with Crippen molar-refractivity contribution in [2.45, 2.75) is 44.7 Å². The van der Waals surface area contributed by atoms with Crippen LogP contribution in [0.25, 0.3) is 0 Å². The number of hydrogen-bond donors (Lipinski definition) is 2. The van der Waals surface area contributed by atoms with E-state index in [1.807, 2.05) is 0 Å². The summed E-state index contributed by atoms with van der Waals surface area (Å²) < 4.78 is 0. The van der Waals surface area contributed by atoms with Crippen molar-refractivity contribution in [2.24, 2.45) is 5.73 Å². The van der Waals surface area contributed by atoms with Gasteiger partial charge in [-0.05, 0) is 12.8 Å². The Bertz CT molecular complexity index is 366. The van der Waals surface area contributed by atoms with E-state index in [0.717, 1.165) is 11.5 Å². The van der Waals surface area contributed by atoms with E-state index in [4.69, 9.17) is 5.73 Å². The summed E-state index contributed by atoms with van der Waals surface area (Å²) in [5.41, 5.74) is 6.54. The first-order chi connectivity index (χ1) is 8.86. The fraction of sp³-hybridized carbons (Fsp3) is 0.692. The van der Waals surface area contributed by atoms with E-state index in [2.05, 4.69) is 14.9 Å². The molecule has 0 atom stereocenters. The zero-order valence-electron chi connectivity index (χ0n) is 10.8. The molecule has 1 aliphatic rings. The Balaban J connectivity index is 2.22. The summed E-state index contributed by atoms with van der Waals surface area (Å²) in [7, 11) is 0. The highest BCUT2D eigenvalue weighted by Crippen LogP contribution is 2.27. The molecule has 1 saturated carbocycles. The molecule has 1 aromatic rings. The number of rotatable bonds is 5. The smallest absolute Gasteiger partial charge is 0.151 e. The zero-order chi connectivity index (χ0) is 12.8. The number of anilines is 1. The van der Waals surface area contributed by atoms with Crippen LogP contribution in [0.2, 0.25) is 0 Å². The Labute approximate surface area is 108 Å². The van der Waals surface area contributed by atoms with Crippen LogP contribution < -0.4 is 10.6 Å². The molecule has 0 radical (unpaired) electrons. The monoisotopic (exact) mass is 250 g/mol. The second-order valence-corrected chi connectivity index (χ2v) is 4.74. The average Bonchev–Trinajstić information content (AvgIpc) is 2.46. The lowest BCUT2D eigenvalue weighted by Gasteiger charge is -2.35. The minimum Gasteiger partial charge on any atom is -0.395 e. The SMILES string of the molecule is NCc1nccnc1N(CCO)C1CCCCC1. The second kappa shape index (κ2) is 6.66. The van der Waals surface area contributed by atoms with Gasteiger partial charge in [-0.25, -0.2) is 4.98 Å². The Morgan fingerprint density at radius 3 is 2.61 bits per heavy atom. The first kappa shape index (κ1) is 13.2. The van der Waals surface area contributed by atoms with Crippen molar-refractivity contribution in [2.75, 3.05) is 18.1 Å². The maximum Gasteiger partial charge on any atom is 0.151 e. The number of hydrogen-bond acceptors (Lipinski definition) is 5. The lowest BCUT2D eigenvalue weighted by atomic mass is 9.94. The zero-order valence-corrected chi connectivity index (χ0v) is 10.8. The molecule has 3 N–H and O–H groups in total. The molecule has 0 unspecified atom stereocenters. The highest BCUT2D eigenvalue weighted by atomic mass is 16.3. The number of aromatic nitrogens is 2. The molecule has 0 spiro atoms. The molecular formula is C13H22N4O. The molecule has 0 bridgehead atoms. The second-order valence-electron chi connectivity index (χ2n) is 4.74. The van der Waals surface area contributed by atoms with Crippen molar-refractivity contribution in [1.29, 1.82) is 0 Å². The molecular weight excluding hydrogens is 228 g/mol. The Morgan fingerprint density at radius 1 is 1.22 bits per heavy atom. The predicted octanol–water partition coefficient (Wildman–Crippen LogP) is 1.07. The van der Waals surface area contributed by atoms with Gasteiger partial charge in [-0.1, -0.05) is 19.3 Å². The summed E-state index contributed by atoms with van der Waals surface area (Å²) in [5.74, 6) is 0.848. The van der Waals surface area contributed by atoms with Crippen molar-refractivity contribution in [3.63, 3.8) is 0 Å². The quantitative estimate of drug-likeness (QED) is 0.817. The number of aliphatic hydroxyl groups is 1. The highest BCUT2D eigenvalue weighted by molar-refractivity contribution is 5.44. The van der Waals surface area contributed by atoms with Crippen LogP contribution in [-0.2, 0) is 6.54 Å². The van der Waals surface area contributed by atoms with Crippen LogP contribution in [0.15, 0.2) is 12.4 Å². The lowest BCUT2D eigenvalue weighted by molar-refractivity contribution is 0.289. The number of aliphatic hydroxyl groups excluding tert-OH is 1. The van der Waals surface area contributed by atoms with Crippen molar-refractivity contribution in [1.82, 2.24) is 9.97 Å². The molecule has 1 aliphatic carbocycles. The predicted molar refractivity (Wildman–Crippen MR) is 71.2 cm³/mol. The molecule has 0 amide bonds. The molecule has 2 rings (SSSR count). The van der Waals surface area contributed by atoms with Gasteiger partial charge in [0.2, 0.25) is 0 Å². The summed E-state index contributed by atoms with van der Waals surface area (Å²) in [4.78, 5) is 10.9. The van der Waals surface area contributed by atoms with E-state index in [-0.39, 0.29) is 6.61 Å². The van der Waals surface area contributed by atoms with Crippen molar-refractivity contribution in [3.8, 4) is 0 Å². The average molecular weight is 250 g/mol. The van der Waals surface area contributed by atoms with Crippen LogP contribution in [0, 0.1) is 0 Å². The third kappa shape index (κ3) is 2.97. The molecule has 1 aromatic heterocycles. The van der Waals surface area contributed by atoms with Gasteiger partial charge < -0.3 is 15.7 Å². The van der Waals surface area contributed by atoms with Gasteiger partial charge in [0.1, 0.15) is 0 Å². The van der Waals surface area contributed by atoms with E-state index in [1.165, 1.54) is 32.1 Å². The van der Waals surface area contributed by atoms with Gasteiger partial charge in [-0.3, -0.25) is 4.98 Å². The molecule has 5 nitrogen and oxygen atoms in total. The Hall–Kier alpha value is -1.20. The fourth-order valence-electron chi connectivity index (χ4n) is 2.71. The lowest BCUT2D eigenvalue weighted by Crippen LogP contribution is -2.40. The molecule has 1 fully saturated rings. The number of nitrogens with two attached hydrogens (primary N) is 1. The molecule has 0 aromatic carbocycles. The normalized spacial score (nSPS) is 16.8. The van der Waals surface area contributed by atoms with Crippen molar-refractivity contribution in [3.05, 3.63) is 18.1 Å². The van der Waals surface area contributed by atoms with Gasteiger partial charge in [-0.15, -0.1) is 0 Å². The number of nitrogens with zero attached hydrogens (tertiary/aromatic N) is 3. The summed E-state index contributed by atoms with van der Waals surface area (Å²) in [5, 5.41) is 9.27. The van der Waals surface area contributed by atoms with Gasteiger partial charge >= 0.3 is 0 Å². The summed E-state index contributed by atoms with van der Waals surface area (Å²) in [6.07, 6.45) is 9.52. The van der Waals surface area contributed by atoms with E-state index in [1.54, 1.807) is 12.4 Å². The van der Waals surface area contributed by atoms with Crippen molar-refractivity contribution < 1.29 is 5.11 Å². The third-order valence-electron chi connectivity index (χ3n) is 3.57. The van der Waals surface area contributed by atoms with Gasteiger partial charge in [0.15, 0.2) is 5.82 Å². The topological polar surface area (TPSA) is 75.3 Å². The largest absolute Gasteiger partial charge is 0.395 e. The summed E-state index contributed by atoms with van der Waals surface area (Å²) in [6.45, 7) is 1.13. The Morgan fingerprint density at radius 2 is 1.94 bits per heavy atom. The molecule has 1 heterocycles. The van der Waals surface area contributed by atoms with E-state index in [9.17, 15) is 5.11 Å². The van der Waals surface area contributed by atoms with E-state index < -0.39 is 0 Å². The molecule has 18 heavy (non-hydrogen) atoms. The summed E-state index contributed by atoms with van der Waals surface area (Å²) in [6, 6.07) is 0.466.